The molecular formula is C27H26N2O6. The van der Waals surface area contributed by atoms with E-state index in [1.165, 1.54) is 26.4 Å². The van der Waals surface area contributed by atoms with Crippen LogP contribution in [0.3, 0.4) is 0 Å². The van der Waals surface area contributed by atoms with Crippen molar-refractivity contribution in [2.75, 3.05) is 33.1 Å². The molecule has 8 nitrogen and oxygen atoms in total. The van der Waals surface area contributed by atoms with Gasteiger partial charge in [-0.15, -0.1) is 0 Å². The number of hydrogen-bond acceptors (Lipinski definition) is 7. The fraction of sp³-hybridized carbons (Fsp3) is 0.259. The largest absolute Gasteiger partial charge is 0.504 e. The van der Waals surface area contributed by atoms with Crippen LogP contribution in [0.4, 0.5) is 5.69 Å². The van der Waals surface area contributed by atoms with Crippen molar-refractivity contribution in [2.24, 2.45) is 5.92 Å². The predicted molar refractivity (Wildman–Crippen MR) is 129 cm³/mol. The molecule has 5 rings (SSSR count). The van der Waals surface area contributed by atoms with Gasteiger partial charge in [0.2, 0.25) is 5.91 Å². The second-order valence-corrected chi connectivity index (χ2v) is 8.91. The quantitative estimate of drug-likeness (QED) is 0.384. The van der Waals surface area contributed by atoms with Gasteiger partial charge in [-0.05, 0) is 49.0 Å². The van der Waals surface area contributed by atoms with Gasteiger partial charge in [0.05, 0.1) is 20.1 Å². The number of phenols is 2. The van der Waals surface area contributed by atoms with E-state index in [-0.39, 0.29) is 23.2 Å². The standard InChI is InChI=1S/C27H26N2O6/c1-29-14-17(15-8-10-20(30)21(31)12-15)24(25(32)16-9-11-22(34-2)23(13-16)35-3)27(29)18-6-4-5-7-19(18)28-26(27)33/h4-13,17,24,30-31H,14H2,1-3H3,(H,28,33). The lowest BCUT2D eigenvalue weighted by atomic mass is 9.70. The van der Waals surface area contributed by atoms with E-state index < -0.39 is 17.4 Å². The van der Waals surface area contributed by atoms with Crippen molar-refractivity contribution in [2.45, 2.75) is 11.5 Å². The fourth-order valence-corrected chi connectivity index (χ4v) is 5.64. The first-order valence-corrected chi connectivity index (χ1v) is 11.2. The number of nitrogens with one attached hydrogen (secondary N) is 1. The first-order chi connectivity index (χ1) is 16.8. The minimum absolute atomic E-state index is 0.236. The molecule has 0 saturated carbocycles. The number of para-hydroxylation sites is 1. The molecule has 2 aliphatic heterocycles. The molecule has 1 amide bonds. The first-order valence-electron chi connectivity index (χ1n) is 11.2. The molecule has 35 heavy (non-hydrogen) atoms. The topological polar surface area (TPSA) is 108 Å². The number of carbonyl (C=O) groups is 2. The number of hydrogen-bond donors (Lipinski definition) is 3. The molecule has 1 spiro atoms. The monoisotopic (exact) mass is 474 g/mol. The van der Waals surface area contributed by atoms with E-state index in [9.17, 15) is 19.8 Å². The van der Waals surface area contributed by atoms with Gasteiger partial charge >= 0.3 is 0 Å². The number of Topliss-reactive ketones (excluding diaryl/α,β-unsaturated/α-hetero) is 1. The maximum absolute atomic E-state index is 14.3. The summed E-state index contributed by atoms with van der Waals surface area (Å²) in [5.41, 5.74) is 1.19. The van der Waals surface area contributed by atoms with E-state index in [1.54, 1.807) is 24.3 Å². The Morgan fingerprint density at radius 1 is 1.00 bits per heavy atom. The van der Waals surface area contributed by atoms with Crippen molar-refractivity contribution in [3.05, 3.63) is 77.4 Å². The molecule has 3 aromatic carbocycles. The molecule has 1 saturated heterocycles. The van der Waals surface area contributed by atoms with Crippen LogP contribution in [0, 0.1) is 5.92 Å². The highest BCUT2D eigenvalue weighted by Gasteiger charge is 2.64. The number of ether oxygens (including phenoxy) is 2. The van der Waals surface area contributed by atoms with Crippen molar-refractivity contribution in [1.29, 1.82) is 0 Å². The van der Waals surface area contributed by atoms with E-state index in [1.807, 2.05) is 36.2 Å². The lowest BCUT2D eigenvalue weighted by Gasteiger charge is -2.35. The molecular weight excluding hydrogens is 448 g/mol. The van der Waals surface area contributed by atoms with Crippen LogP contribution in [0.1, 0.15) is 27.4 Å². The van der Waals surface area contributed by atoms with Crippen molar-refractivity contribution >= 4 is 17.4 Å². The van der Waals surface area contributed by atoms with E-state index in [0.29, 0.717) is 34.9 Å². The van der Waals surface area contributed by atoms with Gasteiger partial charge in [0.15, 0.2) is 28.8 Å². The molecule has 2 aliphatic rings. The van der Waals surface area contributed by atoms with Gasteiger partial charge in [-0.3, -0.25) is 14.5 Å². The van der Waals surface area contributed by atoms with Crippen LogP contribution >= 0.6 is 0 Å². The summed E-state index contributed by atoms with van der Waals surface area (Å²) < 4.78 is 10.7. The fourth-order valence-electron chi connectivity index (χ4n) is 5.64. The summed E-state index contributed by atoms with van der Waals surface area (Å²) in [5, 5.41) is 23.0. The molecule has 0 radical (unpaired) electrons. The highest BCUT2D eigenvalue weighted by atomic mass is 16.5. The zero-order valence-electron chi connectivity index (χ0n) is 19.6. The Kier molecular flexibility index (Phi) is 5.40. The summed E-state index contributed by atoms with van der Waals surface area (Å²) in [7, 11) is 4.85. The normalized spacial score (nSPS) is 23.2. The van der Waals surface area contributed by atoms with Gasteiger partial charge in [0, 0.05) is 29.3 Å². The van der Waals surface area contributed by atoms with Crippen LogP contribution in [0.5, 0.6) is 23.0 Å². The number of fused-ring (bicyclic) bond motifs is 2. The summed E-state index contributed by atoms with van der Waals surface area (Å²) in [6.45, 7) is 0.385. The van der Waals surface area contributed by atoms with Crippen molar-refractivity contribution in [1.82, 2.24) is 4.90 Å². The highest BCUT2D eigenvalue weighted by molar-refractivity contribution is 6.12. The number of likely N-dealkylation sites (N-methyl/N-ethyl adjacent to an activating group) is 1. The van der Waals surface area contributed by atoms with E-state index in [2.05, 4.69) is 5.32 Å². The van der Waals surface area contributed by atoms with Crippen LogP contribution in [-0.2, 0) is 10.3 Å². The summed E-state index contributed by atoms with van der Waals surface area (Å²) in [6, 6.07) is 16.9. The van der Waals surface area contributed by atoms with Crippen LogP contribution in [-0.4, -0.2) is 54.6 Å². The zero-order chi connectivity index (χ0) is 24.9. The Balaban J connectivity index is 1.72. The number of aromatic hydroxyl groups is 2. The summed E-state index contributed by atoms with van der Waals surface area (Å²) >= 11 is 0. The summed E-state index contributed by atoms with van der Waals surface area (Å²) in [6.07, 6.45) is 0. The Morgan fingerprint density at radius 2 is 1.74 bits per heavy atom. The van der Waals surface area contributed by atoms with Crippen LogP contribution in [0.15, 0.2) is 60.7 Å². The summed E-state index contributed by atoms with van der Waals surface area (Å²) in [4.78, 5) is 29.9. The molecule has 0 aliphatic carbocycles. The number of rotatable bonds is 5. The van der Waals surface area contributed by atoms with Crippen molar-refractivity contribution < 1.29 is 29.3 Å². The van der Waals surface area contributed by atoms with Gasteiger partial charge in [-0.1, -0.05) is 24.3 Å². The maximum Gasteiger partial charge on any atom is 0.250 e. The number of likely N-dealkylation sites (tertiary alicyclic amines) is 1. The third kappa shape index (κ3) is 3.24. The molecule has 3 atom stereocenters. The third-order valence-electron chi connectivity index (χ3n) is 7.24. The molecule has 0 aromatic heterocycles. The number of methoxy groups -OCH3 is 2. The van der Waals surface area contributed by atoms with Gasteiger partial charge in [0.25, 0.3) is 0 Å². The van der Waals surface area contributed by atoms with Gasteiger partial charge in [-0.2, -0.15) is 0 Å². The van der Waals surface area contributed by atoms with E-state index in [4.69, 9.17) is 9.47 Å². The van der Waals surface area contributed by atoms with E-state index >= 15 is 0 Å². The number of ketones is 1. The number of nitrogens with zero attached hydrogens (tertiary/aromatic N) is 1. The highest BCUT2D eigenvalue weighted by Crippen LogP contribution is 2.56. The molecule has 3 aromatic rings. The van der Waals surface area contributed by atoms with Crippen LogP contribution in [0.25, 0.3) is 0 Å². The average Bonchev–Trinajstić information content (AvgIpc) is 3.34. The molecule has 3 N–H and O–H groups in total. The van der Waals surface area contributed by atoms with Crippen molar-refractivity contribution in [3.63, 3.8) is 0 Å². The lowest BCUT2D eigenvalue weighted by molar-refractivity contribution is -0.126. The van der Waals surface area contributed by atoms with E-state index in [0.717, 1.165) is 5.56 Å². The molecule has 2 heterocycles. The second kappa shape index (κ2) is 8.32. The Bertz CT molecular complexity index is 1340. The smallest absolute Gasteiger partial charge is 0.250 e. The number of benzene rings is 3. The second-order valence-electron chi connectivity index (χ2n) is 8.91. The molecule has 180 valence electrons. The first kappa shape index (κ1) is 22.7. The zero-order valence-corrected chi connectivity index (χ0v) is 19.6. The number of anilines is 1. The molecule has 8 heteroatoms. The Morgan fingerprint density at radius 3 is 2.46 bits per heavy atom. The van der Waals surface area contributed by atoms with Crippen LogP contribution < -0.4 is 14.8 Å². The van der Waals surface area contributed by atoms with Gasteiger partial charge in [-0.25, -0.2) is 0 Å². The Labute approximate surface area is 202 Å². The average molecular weight is 475 g/mol. The lowest BCUT2D eigenvalue weighted by Crippen LogP contribution is -2.51. The minimum Gasteiger partial charge on any atom is -0.504 e. The Hall–Kier alpha value is -4.04. The maximum atomic E-state index is 14.3. The number of amides is 1. The predicted octanol–water partition coefficient (Wildman–Crippen LogP) is 3.49. The summed E-state index contributed by atoms with van der Waals surface area (Å²) in [5.74, 6) is -1.39. The van der Waals surface area contributed by atoms with Gasteiger partial charge < -0.3 is 25.0 Å². The SMILES string of the molecule is COc1ccc(C(=O)C2C(c3ccc(O)c(O)c3)CN(C)C23C(=O)Nc2ccccc23)cc1OC. The number of carbonyl (C=O) groups excluding carboxylic acids is 2. The third-order valence-corrected chi connectivity index (χ3v) is 7.24. The molecule has 3 unspecified atom stereocenters. The minimum atomic E-state index is -1.25. The molecule has 0 bridgehead atoms. The molecule has 1 fully saturated rings. The van der Waals surface area contributed by atoms with Crippen molar-refractivity contribution in [3.8, 4) is 23.0 Å². The van der Waals surface area contributed by atoms with Crippen LogP contribution in [0.2, 0.25) is 0 Å². The number of phenolic OH excluding ortho intramolecular Hbond substituents is 2. The van der Waals surface area contributed by atoms with Gasteiger partial charge in [0.1, 0.15) is 5.54 Å².